The number of hydrogen-bond donors (Lipinski definition) is 2. The summed E-state index contributed by atoms with van der Waals surface area (Å²) in [4.78, 5) is 38.4. The number of nitrogens with zero attached hydrogens (tertiary/aromatic N) is 1. The predicted octanol–water partition coefficient (Wildman–Crippen LogP) is 3.49. The molecule has 0 unspecified atom stereocenters. The minimum atomic E-state index is -0.433. The molecule has 30 heavy (non-hydrogen) atoms. The normalized spacial score (nSPS) is 16.2. The highest BCUT2D eigenvalue weighted by Gasteiger charge is 2.35. The van der Waals surface area contributed by atoms with Gasteiger partial charge in [0.25, 0.3) is 11.1 Å². The monoisotopic (exact) mass is 444 g/mol. The maximum atomic E-state index is 12.5. The summed E-state index contributed by atoms with van der Waals surface area (Å²) in [6.45, 7) is -0.225. The Bertz CT molecular complexity index is 965. The van der Waals surface area contributed by atoms with Crippen molar-refractivity contribution < 1.29 is 19.5 Å². The second-order valence-corrected chi connectivity index (χ2v) is 8.20. The van der Waals surface area contributed by atoms with Crippen molar-refractivity contribution in [3.8, 4) is 0 Å². The molecular weight excluding hydrogens is 424 g/mol. The molecule has 0 aliphatic carbocycles. The van der Waals surface area contributed by atoms with Crippen LogP contribution in [-0.2, 0) is 16.0 Å². The first-order valence-corrected chi connectivity index (χ1v) is 10.6. The second-order valence-electron chi connectivity index (χ2n) is 6.78. The number of benzene rings is 2. The molecule has 0 aromatic heterocycles. The van der Waals surface area contributed by atoms with Gasteiger partial charge in [-0.1, -0.05) is 54.1 Å². The number of rotatable bonds is 8. The van der Waals surface area contributed by atoms with Crippen molar-refractivity contribution in [3.05, 3.63) is 75.7 Å². The predicted molar refractivity (Wildman–Crippen MR) is 118 cm³/mol. The summed E-state index contributed by atoms with van der Waals surface area (Å²) in [5, 5.41) is 12.4. The van der Waals surface area contributed by atoms with Crippen LogP contribution in [0.1, 0.15) is 17.5 Å². The summed E-state index contributed by atoms with van der Waals surface area (Å²) in [6, 6.07) is 16.1. The molecule has 1 aliphatic rings. The molecule has 8 heteroatoms. The molecule has 156 valence electrons. The van der Waals surface area contributed by atoms with Crippen LogP contribution in [0.2, 0.25) is 5.02 Å². The third kappa shape index (κ3) is 5.95. The summed E-state index contributed by atoms with van der Waals surface area (Å²) >= 11 is 6.79. The molecule has 1 atom stereocenters. The van der Waals surface area contributed by atoms with E-state index in [2.05, 4.69) is 5.32 Å². The molecule has 3 amide bonds. The Labute approximate surface area is 183 Å². The number of hydrogen-bond acceptors (Lipinski definition) is 5. The van der Waals surface area contributed by atoms with Crippen molar-refractivity contribution in [1.82, 2.24) is 10.2 Å². The zero-order valence-electron chi connectivity index (χ0n) is 16.1. The van der Waals surface area contributed by atoms with Gasteiger partial charge in [0.1, 0.15) is 0 Å². The van der Waals surface area contributed by atoms with Crippen LogP contribution in [0.5, 0.6) is 0 Å². The average molecular weight is 445 g/mol. The van der Waals surface area contributed by atoms with E-state index in [0.717, 1.165) is 27.8 Å². The first-order chi connectivity index (χ1) is 14.5. The quantitative estimate of drug-likeness (QED) is 0.608. The van der Waals surface area contributed by atoms with E-state index in [0.29, 0.717) is 16.3 Å². The van der Waals surface area contributed by atoms with Crippen LogP contribution < -0.4 is 5.32 Å². The minimum Gasteiger partial charge on any atom is -0.394 e. The van der Waals surface area contributed by atoms with Crippen LogP contribution in [0, 0.1) is 0 Å². The summed E-state index contributed by atoms with van der Waals surface area (Å²) < 4.78 is 0. The van der Waals surface area contributed by atoms with Crippen LogP contribution in [0.25, 0.3) is 6.08 Å². The Hall–Kier alpha value is -2.61. The zero-order chi connectivity index (χ0) is 21.5. The van der Waals surface area contributed by atoms with Crippen LogP contribution in [0.4, 0.5) is 4.79 Å². The van der Waals surface area contributed by atoms with Gasteiger partial charge in [0.05, 0.1) is 17.6 Å². The fourth-order valence-electron chi connectivity index (χ4n) is 3.01. The van der Waals surface area contributed by atoms with E-state index in [-0.39, 0.29) is 25.5 Å². The van der Waals surface area contributed by atoms with Crippen molar-refractivity contribution in [3.63, 3.8) is 0 Å². The molecule has 0 saturated carbocycles. The lowest BCUT2D eigenvalue weighted by atomic mass is 10.1. The molecule has 2 aromatic rings. The lowest BCUT2D eigenvalue weighted by Crippen LogP contribution is -2.41. The number of aliphatic hydroxyl groups excluding tert-OH is 1. The van der Waals surface area contributed by atoms with Crippen molar-refractivity contribution >= 4 is 46.5 Å². The largest absolute Gasteiger partial charge is 0.394 e. The fourth-order valence-corrected chi connectivity index (χ4v) is 4.08. The van der Waals surface area contributed by atoms with Crippen LogP contribution in [0.15, 0.2) is 59.5 Å². The topological polar surface area (TPSA) is 86.7 Å². The van der Waals surface area contributed by atoms with E-state index in [4.69, 9.17) is 11.6 Å². The highest BCUT2D eigenvalue weighted by molar-refractivity contribution is 8.18. The van der Waals surface area contributed by atoms with Crippen LogP contribution in [-0.4, -0.2) is 46.3 Å². The van der Waals surface area contributed by atoms with E-state index < -0.39 is 17.2 Å². The lowest BCUT2D eigenvalue weighted by molar-refractivity contribution is -0.124. The molecule has 2 N–H and O–H groups in total. The molecule has 1 fully saturated rings. The van der Waals surface area contributed by atoms with Gasteiger partial charge in [-0.25, -0.2) is 0 Å². The molecule has 1 heterocycles. The number of carbonyl (C=O) groups excluding carboxylic acids is 3. The molecule has 1 aliphatic heterocycles. The van der Waals surface area contributed by atoms with Gasteiger partial charge in [0.15, 0.2) is 0 Å². The Balaban J connectivity index is 1.55. The summed E-state index contributed by atoms with van der Waals surface area (Å²) in [5.74, 6) is -0.761. The number of imide groups is 1. The molecular formula is C22H21ClN2O4S. The Kier molecular flexibility index (Phi) is 7.68. The average Bonchev–Trinajstić information content (AvgIpc) is 2.99. The Morgan fingerprint density at radius 3 is 2.63 bits per heavy atom. The van der Waals surface area contributed by atoms with E-state index in [1.165, 1.54) is 0 Å². The van der Waals surface area contributed by atoms with Crippen LogP contribution >= 0.6 is 23.4 Å². The first kappa shape index (κ1) is 22.1. The van der Waals surface area contributed by atoms with Gasteiger partial charge in [-0.2, -0.15) is 0 Å². The van der Waals surface area contributed by atoms with Gasteiger partial charge in [-0.05, 0) is 47.5 Å². The number of halogens is 1. The number of thioether (sulfide) groups is 1. The van der Waals surface area contributed by atoms with E-state index in [1.54, 1.807) is 30.3 Å². The van der Waals surface area contributed by atoms with E-state index in [9.17, 15) is 19.5 Å². The van der Waals surface area contributed by atoms with Crippen molar-refractivity contribution in [2.24, 2.45) is 0 Å². The SMILES string of the molecule is O=C(CCN1C(=O)S/C(=C\c2cccc(Cl)c2)C1=O)N[C@@H](CO)Cc1ccccc1. The fraction of sp³-hybridized carbons (Fsp3) is 0.227. The second kappa shape index (κ2) is 10.4. The van der Waals surface area contributed by atoms with E-state index >= 15 is 0 Å². The minimum absolute atomic E-state index is 0.0210. The molecule has 0 spiro atoms. The zero-order valence-corrected chi connectivity index (χ0v) is 17.7. The van der Waals surface area contributed by atoms with Crippen molar-refractivity contribution in [1.29, 1.82) is 0 Å². The van der Waals surface area contributed by atoms with Gasteiger partial charge in [-0.3, -0.25) is 19.3 Å². The molecule has 2 aromatic carbocycles. The number of carbonyl (C=O) groups is 3. The highest BCUT2D eigenvalue weighted by Crippen LogP contribution is 2.32. The summed E-state index contributed by atoms with van der Waals surface area (Å²) in [6.07, 6.45) is 2.07. The van der Waals surface area contributed by atoms with Gasteiger partial charge in [0.2, 0.25) is 5.91 Å². The summed E-state index contributed by atoms with van der Waals surface area (Å²) in [5.41, 5.74) is 1.71. The maximum Gasteiger partial charge on any atom is 0.293 e. The first-order valence-electron chi connectivity index (χ1n) is 9.41. The Morgan fingerprint density at radius 2 is 1.93 bits per heavy atom. The van der Waals surface area contributed by atoms with Crippen molar-refractivity contribution in [2.75, 3.05) is 13.2 Å². The smallest absolute Gasteiger partial charge is 0.293 e. The standard InChI is InChI=1S/C22H21ClN2O4S/c23-17-8-4-7-16(11-17)13-19-21(28)25(22(29)30-19)10-9-20(27)24-18(14-26)12-15-5-2-1-3-6-15/h1-8,11,13,18,26H,9-10,12,14H2,(H,24,27)/b19-13-/t18-/m1/s1. The molecule has 6 nitrogen and oxygen atoms in total. The third-order valence-corrected chi connectivity index (χ3v) is 5.64. The molecule has 1 saturated heterocycles. The maximum absolute atomic E-state index is 12.5. The van der Waals surface area contributed by atoms with Crippen molar-refractivity contribution in [2.45, 2.75) is 18.9 Å². The highest BCUT2D eigenvalue weighted by atomic mass is 35.5. The number of nitrogens with one attached hydrogen (secondary N) is 1. The molecule has 0 radical (unpaired) electrons. The van der Waals surface area contributed by atoms with Gasteiger partial charge in [0, 0.05) is 18.0 Å². The third-order valence-electron chi connectivity index (χ3n) is 4.49. The molecule has 3 rings (SSSR count). The molecule has 0 bridgehead atoms. The van der Waals surface area contributed by atoms with Gasteiger partial charge in [-0.15, -0.1) is 0 Å². The van der Waals surface area contributed by atoms with Gasteiger partial charge < -0.3 is 10.4 Å². The lowest BCUT2D eigenvalue weighted by Gasteiger charge is -2.18. The number of aliphatic hydroxyl groups is 1. The Morgan fingerprint density at radius 1 is 1.17 bits per heavy atom. The summed E-state index contributed by atoms with van der Waals surface area (Å²) in [7, 11) is 0. The number of amides is 3. The van der Waals surface area contributed by atoms with E-state index in [1.807, 2.05) is 30.3 Å². The van der Waals surface area contributed by atoms with Gasteiger partial charge >= 0.3 is 0 Å². The van der Waals surface area contributed by atoms with Crippen LogP contribution in [0.3, 0.4) is 0 Å².